The van der Waals surface area contributed by atoms with Gasteiger partial charge in [0.25, 0.3) is 0 Å². The average Bonchev–Trinajstić information content (AvgIpc) is 2.74. The summed E-state index contributed by atoms with van der Waals surface area (Å²) in [5.74, 6) is 0. The molecule has 2 rings (SSSR count). The number of nitrogens with zero attached hydrogens (tertiary/aromatic N) is 1. The van der Waals surface area contributed by atoms with Gasteiger partial charge in [-0.25, -0.2) is 0 Å². The first-order chi connectivity index (χ1) is 7.36. The van der Waals surface area contributed by atoms with E-state index >= 15 is 0 Å². The Hall–Kier alpha value is -1.39. The Morgan fingerprint density at radius 3 is 2.93 bits per heavy atom. The van der Waals surface area contributed by atoms with Crippen molar-refractivity contribution in [1.29, 1.82) is 0 Å². The van der Waals surface area contributed by atoms with Gasteiger partial charge < -0.3 is 11.1 Å². The minimum Gasteiger partial charge on any atom is -0.397 e. The third-order valence-electron chi connectivity index (χ3n) is 2.10. The molecule has 0 spiro atoms. The van der Waals surface area contributed by atoms with E-state index in [1.807, 2.05) is 12.1 Å². The first kappa shape index (κ1) is 10.1. The van der Waals surface area contributed by atoms with Crippen LogP contribution >= 0.6 is 11.3 Å². The van der Waals surface area contributed by atoms with E-state index in [2.05, 4.69) is 27.8 Å². The summed E-state index contributed by atoms with van der Waals surface area (Å²) in [4.78, 5) is 5.54. The Morgan fingerprint density at radius 1 is 1.27 bits per heavy atom. The topological polar surface area (TPSA) is 50.9 Å². The fraction of sp³-hybridized carbons (Fsp3) is 0.182. The van der Waals surface area contributed by atoms with E-state index in [4.69, 9.17) is 5.73 Å². The van der Waals surface area contributed by atoms with Crippen LogP contribution in [0.5, 0.6) is 0 Å². The minimum atomic E-state index is 0.713. The van der Waals surface area contributed by atoms with Crippen molar-refractivity contribution in [1.82, 2.24) is 10.3 Å². The van der Waals surface area contributed by atoms with Gasteiger partial charge in [0.2, 0.25) is 0 Å². The molecular weight excluding hydrogens is 206 g/mol. The number of anilines is 1. The van der Waals surface area contributed by atoms with Crippen molar-refractivity contribution in [2.75, 3.05) is 5.73 Å². The van der Waals surface area contributed by atoms with Crippen LogP contribution in [-0.2, 0) is 13.1 Å². The smallest absolute Gasteiger partial charge is 0.0770 e. The molecule has 0 fully saturated rings. The van der Waals surface area contributed by atoms with Crippen molar-refractivity contribution in [3.05, 3.63) is 46.4 Å². The lowest BCUT2D eigenvalue weighted by molar-refractivity contribution is 0.688. The van der Waals surface area contributed by atoms with Gasteiger partial charge in [-0.1, -0.05) is 6.07 Å². The third kappa shape index (κ3) is 2.78. The molecule has 3 N–H and O–H groups in total. The Bertz CT molecular complexity index is 412. The van der Waals surface area contributed by atoms with Crippen LogP contribution in [0.4, 0.5) is 5.69 Å². The van der Waals surface area contributed by atoms with Gasteiger partial charge in [0.05, 0.1) is 11.4 Å². The second-order valence-corrected chi connectivity index (χ2v) is 4.25. The Morgan fingerprint density at radius 2 is 2.20 bits per heavy atom. The van der Waals surface area contributed by atoms with Gasteiger partial charge in [-0.05, 0) is 23.6 Å². The maximum absolute atomic E-state index is 5.78. The van der Waals surface area contributed by atoms with Gasteiger partial charge in [-0.2, -0.15) is 0 Å². The Balaban J connectivity index is 1.86. The number of nitrogen functional groups attached to an aromatic ring is 1. The van der Waals surface area contributed by atoms with Gasteiger partial charge in [-0.15, -0.1) is 11.3 Å². The largest absolute Gasteiger partial charge is 0.397 e. The summed E-state index contributed by atoms with van der Waals surface area (Å²) in [6.07, 6.45) is 1.76. The van der Waals surface area contributed by atoms with Crippen molar-refractivity contribution in [3.8, 4) is 0 Å². The van der Waals surface area contributed by atoms with Gasteiger partial charge in [0.15, 0.2) is 0 Å². The van der Waals surface area contributed by atoms with Crippen LogP contribution in [0, 0.1) is 0 Å². The van der Waals surface area contributed by atoms with Crippen LogP contribution in [0.15, 0.2) is 35.8 Å². The van der Waals surface area contributed by atoms with Crippen LogP contribution in [-0.4, -0.2) is 4.98 Å². The number of nitrogens with one attached hydrogen (secondary N) is 1. The zero-order chi connectivity index (χ0) is 10.5. The van der Waals surface area contributed by atoms with Crippen LogP contribution in [0.25, 0.3) is 0 Å². The molecule has 0 bridgehead atoms. The van der Waals surface area contributed by atoms with E-state index in [1.165, 1.54) is 4.88 Å². The predicted octanol–water partition coefficient (Wildman–Crippen LogP) is 2.02. The molecular formula is C11H13N3S. The Kier molecular flexibility index (Phi) is 3.32. The minimum absolute atomic E-state index is 0.713. The van der Waals surface area contributed by atoms with E-state index in [-0.39, 0.29) is 0 Å². The molecule has 78 valence electrons. The molecule has 0 atom stereocenters. The molecule has 0 saturated carbocycles. The fourth-order valence-corrected chi connectivity index (χ4v) is 1.99. The number of thiophene rings is 1. The van der Waals surface area contributed by atoms with Crippen LogP contribution in [0.3, 0.4) is 0 Å². The first-order valence-electron chi connectivity index (χ1n) is 4.79. The SMILES string of the molecule is Nc1cccnc1CNCc1cccs1. The zero-order valence-electron chi connectivity index (χ0n) is 8.31. The van der Waals surface area contributed by atoms with Gasteiger partial charge in [-0.3, -0.25) is 4.98 Å². The van der Waals surface area contributed by atoms with Crippen LogP contribution in [0.1, 0.15) is 10.6 Å². The molecule has 0 amide bonds. The lowest BCUT2D eigenvalue weighted by atomic mass is 10.3. The second kappa shape index (κ2) is 4.91. The summed E-state index contributed by atoms with van der Waals surface area (Å²) in [6, 6.07) is 7.88. The van der Waals surface area contributed by atoms with E-state index in [9.17, 15) is 0 Å². The van der Waals surface area contributed by atoms with Crippen molar-refractivity contribution in [3.63, 3.8) is 0 Å². The van der Waals surface area contributed by atoms with Crippen LogP contribution < -0.4 is 11.1 Å². The average molecular weight is 219 g/mol. The summed E-state index contributed by atoms with van der Waals surface area (Å²) in [6.45, 7) is 1.58. The molecule has 0 unspecified atom stereocenters. The highest BCUT2D eigenvalue weighted by Gasteiger charge is 1.99. The number of aromatic nitrogens is 1. The molecule has 0 saturated heterocycles. The molecule has 3 nitrogen and oxygen atoms in total. The fourth-order valence-electron chi connectivity index (χ4n) is 1.32. The zero-order valence-corrected chi connectivity index (χ0v) is 9.13. The normalized spacial score (nSPS) is 10.4. The van der Waals surface area contributed by atoms with Gasteiger partial charge >= 0.3 is 0 Å². The van der Waals surface area contributed by atoms with Gasteiger partial charge in [0, 0.05) is 24.2 Å². The Labute approximate surface area is 93.0 Å². The summed E-state index contributed by atoms with van der Waals surface area (Å²) in [5, 5.41) is 5.39. The quantitative estimate of drug-likeness (QED) is 0.827. The van der Waals surface area contributed by atoms with Crippen molar-refractivity contribution in [2.45, 2.75) is 13.1 Å². The van der Waals surface area contributed by atoms with Crippen molar-refractivity contribution >= 4 is 17.0 Å². The molecule has 0 radical (unpaired) electrons. The predicted molar refractivity (Wildman–Crippen MR) is 63.5 cm³/mol. The lowest BCUT2D eigenvalue weighted by Gasteiger charge is -2.04. The number of rotatable bonds is 4. The molecule has 15 heavy (non-hydrogen) atoms. The summed E-state index contributed by atoms with van der Waals surface area (Å²) < 4.78 is 0. The first-order valence-corrected chi connectivity index (χ1v) is 5.66. The summed E-state index contributed by atoms with van der Waals surface area (Å²) >= 11 is 1.75. The number of nitrogens with two attached hydrogens (primary N) is 1. The maximum Gasteiger partial charge on any atom is 0.0770 e. The number of pyridine rings is 1. The van der Waals surface area contributed by atoms with E-state index in [1.54, 1.807) is 17.5 Å². The van der Waals surface area contributed by atoms with Crippen molar-refractivity contribution in [2.24, 2.45) is 0 Å². The molecule has 2 aromatic rings. The molecule has 2 heterocycles. The monoisotopic (exact) mass is 219 g/mol. The van der Waals surface area contributed by atoms with Crippen LogP contribution in [0.2, 0.25) is 0 Å². The van der Waals surface area contributed by atoms with Crippen molar-refractivity contribution < 1.29 is 0 Å². The number of hydrogen-bond acceptors (Lipinski definition) is 4. The van der Waals surface area contributed by atoms with E-state index < -0.39 is 0 Å². The molecule has 2 aromatic heterocycles. The van der Waals surface area contributed by atoms with Gasteiger partial charge in [0.1, 0.15) is 0 Å². The molecule has 4 heteroatoms. The second-order valence-electron chi connectivity index (χ2n) is 3.22. The standard InChI is InChI=1S/C11H13N3S/c12-10-4-1-5-14-11(10)8-13-7-9-3-2-6-15-9/h1-6,13H,7-8,12H2. The molecule has 0 aliphatic heterocycles. The molecule has 0 aliphatic rings. The molecule has 0 aliphatic carbocycles. The van der Waals surface area contributed by atoms with E-state index in [0.717, 1.165) is 17.9 Å². The highest BCUT2D eigenvalue weighted by molar-refractivity contribution is 7.09. The van der Waals surface area contributed by atoms with E-state index in [0.29, 0.717) is 6.54 Å². The summed E-state index contributed by atoms with van der Waals surface area (Å²) in [5.41, 5.74) is 7.44. The number of hydrogen-bond donors (Lipinski definition) is 2. The highest BCUT2D eigenvalue weighted by Crippen LogP contribution is 2.09. The third-order valence-corrected chi connectivity index (χ3v) is 2.97. The highest BCUT2D eigenvalue weighted by atomic mass is 32.1. The maximum atomic E-state index is 5.78. The lowest BCUT2D eigenvalue weighted by Crippen LogP contribution is -2.14. The summed E-state index contributed by atoms with van der Waals surface area (Å²) in [7, 11) is 0. The molecule has 0 aromatic carbocycles.